The minimum Gasteiger partial charge on any atom is -0.477 e. The van der Waals surface area contributed by atoms with Crippen molar-refractivity contribution in [1.82, 2.24) is 8.87 Å². The first-order valence-corrected chi connectivity index (χ1v) is 8.88. The summed E-state index contributed by atoms with van der Waals surface area (Å²) < 4.78 is 28.7. The third-order valence-corrected chi connectivity index (χ3v) is 6.83. The van der Waals surface area contributed by atoms with E-state index in [-0.39, 0.29) is 22.7 Å². The maximum absolute atomic E-state index is 12.8. The lowest BCUT2D eigenvalue weighted by Crippen LogP contribution is -2.37. The third kappa shape index (κ3) is 2.02. The first kappa shape index (κ1) is 13.3. The third-order valence-electron chi connectivity index (χ3n) is 4.95. The summed E-state index contributed by atoms with van der Waals surface area (Å²) in [5.41, 5.74) is 0.0837. The van der Waals surface area contributed by atoms with E-state index in [4.69, 9.17) is 0 Å². The van der Waals surface area contributed by atoms with E-state index in [1.165, 1.54) is 12.3 Å². The van der Waals surface area contributed by atoms with Crippen LogP contribution in [0.25, 0.3) is 0 Å². The van der Waals surface area contributed by atoms with Crippen molar-refractivity contribution < 1.29 is 18.3 Å². The summed E-state index contributed by atoms with van der Waals surface area (Å²) in [5.74, 6) is -0.583. The van der Waals surface area contributed by atoms with Crippen molar-refractivity contribution in [2.24, 2.45) is 5.92 Å². The van der Waals surface area contributed by atoms with Crippen molar-refractivity contribution in [3.8, 4) is 0 Å². The summed E-state index contributed by atoms with van der Waals surface area (Å²) in [4.78, 5) is 11.5. The highest BCUT2D eigenvalue weighted by molar-refractivity contribution is 7.89. The summed E-state index contributed by atoms with van der Waals surface area (Å²) in [6.45, 7) is 0.587. The van der Waals surface area contributed by atoms with Crippen molar-refractivity contribution in [3.63, 3.8) is 0 Å². The molecule has 2 bridgehead atoms. The van der Waals surface area contributed by atoms with Gasteiger partial charge in [0.05, 0.1) is 0 Å². The SMILES string of the molecule is O=C(O)c1cc(S(=O)(=O)N2CC3CCC2C3)cn1C1CC1. The Morgan fingerprint density at radius 2 is 1.90 bits per heavy atom. The second-order valence-corrected chi connectivity index (χ2v) is 8.30. The zero-order valence-electron chi connectivity index (χ0n) is 11.6. The van der Waals surface area contributed by atoms with Crippen LogP contribution in [-0.2, 0) is 10.0 Å². The first-order valence-electron chi connectivity index (χ1n) is 7.44. The van der Waals surface area contributed by atoms with E-state index >= 15 is 0 Å². The quantitative estimate of drug-likeness (QED) is 0.918. The largest absolute Gasteiger partial charge is 0.477 e. The summed E-state index contributed by atoms with van der Waals surface area (Å²) in [6.07, 6.45) is 6.35. The highest BCUT2D eigenvalue weighted by Gasteiger charge is 2.45. The van der Waals surface area contributed by atoms with Crippen LogP contribution < -0.4 is 0 Å². The van der Waals surface area contributed by atoms with E-state index < -0.39 is 16.0 Å². The second kappa shape index (κ2) is 4.33. The molecule has 6 nitrogen and oxygen atoms in total. The monoisotopic (exact) mass is 310 g/mol. The molecule has 1 aromatic rings. The van der Waals surface area contributed by atoms with Gasteiger partial charge >= 0.3 is 5.97 Å². The molecule has 0 aromatic carbocycles. The molecule has 114 valence electrons. The van der Waals surface area contributed by atoms with Crippen molar-refractivity contribution in [2.75, 3.05) is 6.54 Å². The van der Waals surface area contributed by atoms with Gasteiger partial charge in [-0.25, -0.2) is 13.2 Å². The zero-order valence-corrected chi connectivity index (χ0v) is 12.4. The number of aromatic carboxylic acids is 1. The van der Waals surface area contributed by atoms with E-state index in [9.17, 15) is 18.3 Å². The van der Waals surface area contributed by atoms with Crippen LogP contribution in [0, 0.1) is 5.92 Å². The summed E-state index contributed by atoms with van der Waals surface area (Å²) >= 11 is 0. The Bertz CT molecular complexity index is 705. The van der Waals surface area contributed by atoms with Crippen molar-refractivity contribution in [2.45, 2.75) is 49.1 Å². The first-order chi connectivity index (χ1) is 9.96. The fourth-order valence-electron chi connectivity index (χ4n) is 3.73. The van der Waals surface area contributed by atoms with Gasteiger partial charge in [-0.1, -0.05) is 0 Å². The molecular formula is C14H18N2O4S. The van der Waals surface area contributed by atoms with E-state index in [0.29, 0.717) is 12.5 Å². The van der Waals surface area contributed by atoms with Crippen LogP contribution in [0.2, 0.25) is 0 Å². The lowest BCUT2D eigenvalue weighted by molar-refractivity contribution is 0.0685. The summed E-state index contributed by atoms with van der Waals surface area (Å²) in [7, 11) is -3.56. The number of carboxylic acids is 1. The van der Waals surface area contributed by atoms with Crippen LogP contribution in [0.1, 0.15) is 48.6 Å². The molecule has 21 heavy (non-hydrogen) atoms. The van der Waals surface area contributed by atoms with Crippen molar-refractivity contribution >= 4 is 16.0 Å². The molecule has 2 atom stereocenters. The number of piperidine rings is 1. The Hall–Kier alpha value is -1.34. The van der Waals surface area contributed by atoms with Crippen LogP contribution in [0.3, 0.4) is 0 Å². The molecule has 7 heteroatoms. The van der Waals surface area contributed by atoms with Gasteiger partial charge in [0.15, 0.2) is 0 Å². The number of aromatic nitrogens is 1. The van der Waals surface area contributed by atoms with E-state index in [2.05, 4.69) is 0 Å². The molecule has 3 fully saturated rings. The number of carboxylic acid groups (broad SMARTS) is 1. The molecule has 4 rings (SSSR count). The normalized spacial score (nSPS) is 29.1. The van der Waals surface area contributed by atoms with Crippen LogP contribution in [0.4, 0.5) is 0 Å². The van der Waals surface area contributed by atoms with Crippen LogP contribution in [0.15, 0.2) is 17.2 Å². The Kier molecular flexibility index (Phi) is 2.75. The standard InChI is InChI=1S/C14H18N2O4S/c17-14(18)13-6-12(8-15(13)10-3-4-10)21(19,20)16-7-9-1-2-11(16)5-9/h6,8-11H,1-5,7H2,(H,17,18). The van der Waals surface area contributed by atoms with Gasteiger partial charge in [0.1, 0.15) is 10.6 Å². The highest BCUT2D eigenvalue weighted by atomic mass is 32.2. The number of rotatable bonds is 4. The Balaban J connectivity index is 1.72. The number of hydrogen-bond donors (Lipinski definition) is 1. The zero-order chi connectivity index (χ0) is 14.8. The maximum Gasteiger partial charge on any atom is 0.352 e. The maximum atomic E-state index is 12.8. The molecule has 0 spiro atoms. The fraction of sp³-hybridized carbons (Fsp3) is 0.643. The average Bonchev–Trinajstić information content (AvgIpc) is 2.92. The van der Waals surface area contributed by atoms with Gasteiger partial charge in [-0.15, -0.1) is 0 Å². The Morgan fingerprint density at radius 3 is 2.43 bits per heavy atom. The molecule has 1 N–H and O–H groups in total. The minimum atomic E-state index is -3.56. The van der Waals surface area contributed by atoms with E-state index in [0.717, 1.165) is 32.1 Å². The van der Waals surface area contributed by atoms with Gasteiger partial charge in [0.25, 0.3) is 0 Å². The van der Waals surface area contributed by atoms with Gasteiger partial charge in [-0.05, 0) is 44.1 Å². The summed E-state index contributed by atoms with van der Waals surface area (Å²) in [5, 5.41) is 9.26. The average molecular weight is 310 g/mol. The fourth-order valence-corrected chi connectivity index (χ4v) is 5.50. The molecule has 1 aliphatic heterocycles. The molecule has 2 aliphatic carbocycles. The van der Waals surface area contributed by atoms with Gasteiger partial charge in [-0.3, -0.25) is 0 Å². The minimum absolute atomic E-state index is 0.0837. The van der Waals surface area contributed by atoms with Gasteiger partial charge < -0.3 is 9.67 Å². The molecule has 2 heterocycles. The predicted octanol–water partition coefficient (Wildman–Crippen LogP) is 1.69. The van der Waals surface area contributed by atoms with Crippen LogP contribution >= 0.6 is 0 Å². The predicted molar refractivity (Wildman–Crippen MR) is 74.7 cm³/mol. The molecule has 0 amide bonds. The van der Waals surface area contributed by atoms with E-state index in [1.54, 1.807) is 8.87 Å². The van der Waals surface area contributed by atoms with Gasteiger partial charge in [0.2, 0.25) is 10.0 Å². The highest BCUT2D eigenvalue weighted by Crippen LogP contribution is 2.42. The topological polar surface area (TPSA) is 79.6 Å². The van der Waals surface area contributed by atoms with Crippen molar-refractivity contribution in [3.05, 3.63) is 18.0 Å². The molecule has 2 saturated carbocycles. The van der Waals surface area contributed by atoms with E-state index in [1.807, 2.05) is 0 Å². The number of carbonyl (C=O) groups is 1. The summed E-state index contributed by atoms with van der Waals surface area (Å²) in [6, 6.07) is 1.58. The van der Waals surface area contributed by atoms with Crippen LogP contribution in [0.5, 0.6) is 0 Å². The lowest BCUT2D eigenvalue weighted by Gasteiger charge is -2.25. The van der Waals surface area contributed by atoms with Crippen LogP contribution in [-0.4, -0.2) is 41.0 Å². The molecule has 0 radical (unpaired) electrons. The van der Waals surface area contributed by atoms with Gasteiger partial charge in [-0.2, -0.15) is 4.31 Å². The molecule has 3 aliphatic rings. The molecule has 1 aromatic heterocycles. The molecule has 2 unspecified atom stereocenters. The van der Waals surface area contributed by atoms with Gasteiger partial charge in [0, 0.05) is 24.8 Å². The molecule has 1 saturated heterocycles. The number of hydrogen-bond acceptors (Lipinski definition) is 3. The Labute approximate surface area is 123 Å². The Morgan fingerprint density at radius 1 is 1.19 bits per heavy atom. The second-order valence-electron chi connectivity index (χ2n) is 6.41. The van der Waals surface area contributed by atoms with Crippen molar-refractivity contribution in [1.29, 1.82) is 0 Å². The molecular weight excluding hydrogens is 292 g/mol. The number of fused-ring (bicyclic) bond motifs is 2. The smallest absolute Gasteiger partial charge is 0.352 e. The number of nitrogens with zero attached hydrogens (tertiary/aromatic N) is 2. The number of sulfonamides is 1. The lowest BCUT2D eigenvalue weighted by atomic mass is 10.1.